The predicted octanol–water partition coefficient (Wildman–Crippen LogP) is 2.12. The molecule has 1 unspecified atom stereocenters. The van der Waals surface area contributed by atoms with Crippen molar-refractivity contribution in [2.45, 2.75) is 12.3 Å². The van der Waals surface area contributed by atoms with Crippen molar-refractivity contribution in [1.82, 2.24) is 0 Å². The zero-order valence-electron chi connectivity index (χ0n) is 7.98. The number of aliphatic carboxylic acids is 2. The van der Waals surface area contributed by atoms with Crippen LogP contribution in [-0.4, -0.2) is 22.2 Å². The highest BCUT2D eigenvalue weighted by atomic mass is 35.5. The molecule has 0 radical (unpaired) electrons. The molecule has 0 spiro atoms. The third-order valence-corrected chi connectivity index (χ3v) is 2.35. The fourth-order valence-corrected chi connectivity index (χ4v) is 1.54. The first-order chi connectivity index (χ1) is 7.41. The lowest BCUT2D eigenvalue weighted by Gasteiger charge is -2.11. The van der Waals surface area contributed by atoms with E-state index in [9.17, 15) is 14.0 Å². The van der Waals surface area contributed by atoms with Gasteiger partial charge in [0.1, 0.15) is 5.82 Å². The molecule has 0 bridgehead atoms. The second-order valence-electron chi connectivity index (χ2n) is 3.15. The van der Waals surface area contributed by atoms with Crippen molar-refractivity contribution in [2.24, 2.45) is 0 Å². The first kappa shape index (κ1) is 12.4. The molecule has 0 aliphatic heterocycles. The molecule has 0 amide bonds. The second-order valence-corrected chi connectivity index (χ2v) is 3.56. The van der Waals surface area contributed by atoms with Crippen molar-refractivity contribution in [3.05, 3.63) is 34.6 Å². The number of hydrogen-bond donors (Lipinski definition) is 2. The number of rotatable bonds is 4. The van der Waals surface area contributed by atoms with Gasteiger partial charge < -0.3 is 10.2 Å². The summed E-state index contributed by atoms with van der Waals surface area (Å²) >= 11 is 5.70. The number of hydrogen-bond acceptors (Lipinski definition) is 2. The fraction of sp³-hybridized carbons (Fsp3) is 0.200. The smallest absolute Gasteiger partial charge is 0.311 e. The van der Waals surface area contributed by atoms with E-state index in [4.69, 9.17) is 21.8 Å². The predicted molar refractivity (Wildman–Crippen MR) is 54.0 cm³/mol. The van der Waals surface area contributed by atoms with E-state index in [-0.39, 0.29) is 10.6 Å². The third kappa shape index (κ3) is 2.93. The first-order valence-electron chi connectivity index (χ1n) is 4.31. The minimum absolute atomic E-state index is 0.0310. The molecule has 1 atom stereocenters. The SMILES string of the molecule is O=C(O)CC(C(=O)O)c1cc(F)ccc1Cl. The third-order valence-electron chi connectivity index (χ3n) is 2.01. The van der Waals surface area contributed by atoms with Gasteiger partial charge >= 0.3 is 11.9 Å². The lowest BCUT2D eigenvalue weighted by Crippen LogP contribution is -2.16. The summed E-state index contributed by atoms with van der Waals surface area (Å²) in [5, 5.41) is 17.4. The van der Waals surface area contributed by atoms with Gasteiger partial charge in [-0.3, -0.25) is 9.59 Å². The normalized spacial score (nSPS) is 12.1. The van der Waals surface area contributed by atoms with E-state index in [2.05, 4.69) is 0 Å². The van der Waals surface area contributed by atoms with Gasteiger partial charge in [-0.05, 0) is 23.8 Å². The lowest BCUT2D eigenvalue weighted by molar-refractivity contribution is -0.145. The Morgan fingerprint density at radius 1 is 1.38 bits per heavy atom. The van der Waals surface area contributed by atoms with Gasteiger partial charge in [-0.15, -0.1) is 0 Å². The van der Waals surface area contributed by atoms with Gasteiger partial charge in [-0.1, -0.05) is 11.6 Å². The van der Waals surface area contributed by atoms with Crippen LogP contribution in [0.25, 0.3) is 0 Å². The van der Waals surface area contributed by atoms with E-state index in [0.717, 1.165) is 12.1 Å². The summed E-state index contributed by atoms with van der Waals surface area (Å²) in [4.78, 5) is 21.3. The molecular formula is C10H8ClFO4. The highest BCUT2D eigenvalue weighted by Gasteiger charge is 2.25. The summed E-state index contributed by atoms with van der Waals surface area (Å²) < 4.78 is 12.9. The molecule has 16 heavy (non-hydrogen) atoms. The van der Waals surface area contributed by atoms with Gasteiger partial charge in [0.25, 0.3) is 0 Å². The van der Waals surface area contributed by atoms with Crippen molar-refractivity contribution >= 4 is 23.5 Å². The van der Waals surface area contributed by atoms with Crippen LogP contribution in [0.15, 0.2) is 18.2 Å². The summed E-state index contributed by atoms with van der Waals surface area (Å²) in [5.41, 5.74) is -0.0310. The lowest BCUT2D eigenvalue weighted by atomic mass is 9.96. The molecule has 6 heteroatoms. The van der Waals surface area contributed by atoms with Crippen LogP contribution in [0.1, 0.15) is 17.9 Å². The van der Waals surface area contributed by atoms with E-state index in [1.165, 1.54) is 6.07 Å². The maximum Gasteiger partial charge on any atom is 0.311 e. The van der Waals surface area contributed by atoms with Crippen molar-refractivity contribution in [3.63, 3.8) is 0 Å². The minimum Gasteiger partial charge on any atom is -0.481 e. The van der Waals surface area contributed by atoms with Crippen LogP contribution in [0.2, 0.25) is 5.02 Å². The minimum atomic E-state index is -1.35. The molecule has 2 N–H and O–H groups in total. The summed E-state index contributed by atoms with van der Waals surface area (Å²) in [6, 6.07) is 3.21. The van der Waals surface area contributed by atoms with Gasteiger partial charge in [-0.25, -0.2) is 4.39 Å². The molecule has 0 aliphatic carbocycles. The standard InChI is InChI=1S/C10H8ClFO4/c11-8-2-1-5(12)3-6(8)7(10(15)16)4-9(13)14/h1-3,7H,4H2,(H,13,14)(H,15,16). The van der Waals surface area contributed by atoms with Crippen LogP contribution in [0.3, 0.4) is 0 Å². The molecular weight excluding hydrogens is 239 g/mol. The van der Waals surface area contributed by atoms with Gasteiger partial charge in [0.05, 0.1) is 12.3 Å². The Morgan fingerprint density at radius 2 is 2.00 bits per heavy atom. The fourth-order valence-electron chi connectivity index (χ4n) is 1.29. The van der Waals surface area contributed by atoms with E-state index in [1.54, 1.807) is 0 Å². The number of carboxylic acid groups (broad SMARTS) is 2. The van der Waals surface area contributed by atoms with Crippen molar-refractivity contribution in [3.8, 4) is 0 Å². The molecule has 0 aliphatic rings. The molecule has 0 aromatic heterocycles. The summed E-state index contributed by atoms with van der Waals surface area (Å²) in [6.07, 6.45) is -0.640. The van der Waals surface area contributed by atoms with Crippen LogP contribution in [0.4, 0.5) is 4.39 Å². The molecule has 1 aromatic carbocycles. The molecule has 0 heterocycles. The second kappa shape index (κ2) is 4.94. The Labute approximate surface area is 95.3 Å². The molecule has 86 valence electrons. The Morgan fingerprint density at radius 3 is 2.50 bits per heavy atom. The Kier molecular flexibility index (Phi) is 3.84. The topological polar surface area (TPSA) is 74.6 Å². The molecule has 0 fully saturated rings. The van der Waals surface area contributed by atoms with Crippen LogP contribution < -0.4 is 0 Å². The molecule has 1 aromatic rings. The van der Waals surface area contributed by atoms with Crippen molar-refractivity contribution < 1.29 is 24.2 Å². The number of carbonyl (C=O) groups is 2. The number of halogens is 2. The summed E-state index contributed by atoms with van der Waals surface area (Å²) in [7, 11) is 0. The zero-order chi connectivity index (χ0) is 12.3. The highest BCUT2D eigenvalue weighted by molar-refractivity contribution is 6.31. The maximum absolute atomic E-state index is 12.9. The highest BCUT2D eigenvalue weighted by Crippen LogP contribution is 2.28. The largest absolute Gasteiger partial charge is 0.481 e. The van der Waals surface area contributed by atoms with Gasteiger partial charge in [0.2, 0.25) is 0 Å². The average Bonchev–Trinajstić information content (AvgIpc) is 2.18. The van der Waals surface area contributed by atoms with Gasteiger partial charge in [0.15, 0.2) is 0 Å². The Hall–Kier alpha value is -1.62. The quantitative estimate of drug-likeness (QED) is 0.853. The van der Waals surface area contributed by atoms with Crippen LogP contribution in [0, 0.1) is 5.82 Å². The molecule has 0 saturated heterocycles. The van der Waals surface area contributed by atoms with E-state index < -0.39 is 30.1 Å². The summed E-state index contributed by atoms with van der Waals surface area (Å²) in [5.74, 6) is -4.64. The van der Waals surface area contributed by atoms with Crippen LogP contribution in [-0.2, 0) is 9.59 Å². The number of carboxylic acids is 2. The Bertz CT molecular complexity index is 433. The molecule has 4 nitrogen and oxygen atoms in total. The molecule has 0 saturated carbocycles. The van der Waals surface area contributed by atoms with Crippen LogP contribution >= 0.6 is 11.6 Å². The van der Waals surface area contributed by atoms with E-state index >= 15 is 0 Å². The van der Waals surface area contributed by atoms with Crippen molar-refractivity contribution in [1.29, 1.82) is 0 Å². The van der Waals surface area contributed by atoms with Gasteiger partial charge in [0, 0.05) is 5.02 Å². The van der Waals surface area contributed by atoms with Gasteiger partial charge in [-0.2, -0.15) is 0 Å². The van der Waals surface area contributed by atoms with Crippen molar-refractivity contribution in [2.75, 3.05) is 0 Å². The maximum atomic E-state index is 12.9. The summed E-state index contributed by atoms with van der Waals surface area (Å²) in [6.45, 7) is 0. The van der Waals surface area contributed by atoms with E-state index in [1.807, 2.05) is 0 Å². The van der Waals surface area contributed by atoms with E-state index in [0.29, 0.717) is 0 Å². The zero-order valence-corrected chi connectivity index (χ0v) is 8.74. The average molecular weight is 247 g/mol. The first-order valence-corrected chi connectivity index (χ1v) is 4.69. The number of benzene rings is 1. The molecule has 1 rings (SSSR count). The Balaban J connectivity index is 3.14. The van der Waals surface area contributed by atoms with Crippen LogP contribution in [0.5, 0.6) is 0 Å². The monoisotopic (exact) mass is 246 g/mol.